The van der Waals surface area contributed by atoms with E-state index in [4.69, 9.17) is 11.6 Å². The van der Waals surface area contributed by atoms with E-state index in [9.17, 15) is 29.1 Å². The predicted molar refractivity (Wildman–Crippen MR) is 161 cm³/mol. The molecule has 3 atom stereocenters. The summed E-state index contributed by atoms with van der Waals surface area (Å²) in [7, 11) is 0. The van der Waals surface area contributed by atoms with E-state index in [2.05, 4.69) is 33.9 Å². The molecule has 1 saturated carbocycles. The summed E-state index contributed by atoms with van der Waals surface area (Å²) >= 11 is 10.4. The lowest BCUT2D eigenvalue weighted by atomic mass is 9.88. The van der Waals surface area contributed by atoms with Gasteiger partial charge in [-0.05, 0) is 49.7 Å². The SMILES string of the molecule is CC(C)C[C@H](NC(=O)[C@H](CCC(=O)O)NC(=O)C1CCCCC1)C(=O)N[C@@H](CS)C(=O)NCCc1ccccc1Cl. The van der Waals surface area contributed by atoms with Crippen LogP contribution in [0.25, 0.3) is 0 Å². The number of thiol groups is 1. The van der Waals surface area contributed by atoms with E-state index in [1.807, 2.05) is 32.0 Å². The average Bonchev–Trinajstić information content (AvgIpc) is 2.94. The van der Waals surface area contributed by atoms with E-state index in [0.29, 0.717) is 18.0 Å². The van der Waals surface area contributed by atoms with Gasteiger partial charge in [-0.3, -0.25) is 24.0 Å². The Labute approximate surface area is 252 Å². The van der Waals surface area contributed by atoms with Crippen LogP contribution >= 0.6 is 24.2 Å². The van der Waals surface area contributed by atoms with E-state index in [1.165, 1.54) is 0 Å². The molecule has 1 aliphatic carbocycles. The van der Waals surface area contributed by atoms with Crippen LogP contribution in [0.3, 0.4) is 0 Å². The molecule has 0 spiro atoms. The third kappa shape index (κ3) is 12.3. The largest absolute Gasteiger partial charge is 0.481 e. The molecule has 0 aromatic heterocycles. The first-order valence-electron chi connectivity index (χ1n) is 14.3. The van der Waals surface area contributed by atoms with Crippen LogP contribution in [0.1, 0.15) is 70.8 Å². The number of carboxylic acid groups (broad SMARTS) is 1. The first-order chi connectivity index (χ1) is 19.5. The van der Waals surface area contributed by atoms with Crippen LogP contribution in [-0.4, -0.2) is 65.1 Å². The number of carboxylic acids is 1. The van der Waals surface area contributed by atoms with Crippen molar-refractivity contribution in [3.63, 3.8) is 0 Å². The van der Waals surface area contributed by atoms with Gasteiger partial charge in [-0.15, -0.1) is 0 Å². The van der Waals surface area contributed by atoms with Crippen LogP contribution in [0.2, 0.25) is 5.02 Å². The number of amides is 4. The Kier molecular flexibility index (Phi) is 15.0. The molecular weight excluding hydrogens is 568 g/mol. The van der Waals surface area contributed by atoms with E-state index in [1.54, 1.807) is 6.07 Å². The summed E-state index contributed by atoms with van der Waals surface area (Å²) in [5.41, 5.74) is 0.883. The minimum Gasteiger partial charge on any atom is -0.481 e. The number of nitrogens with one attached hydrogen (secondary N) is 4. The van der Waals surface area contributed by atoms with Crippen LogP contribution < -0.4 is 21.3 Å². The van der Waals surface area contributed by atoms with Crippen molar-refractivity contribution in [3.8, 4) is 0 Å². The lowest BCUT2D eigenvalue weighted by Gasteiger charge is -2.27. The maximum atomic E-state index is 13.3. The summed E-state index contributed by atoms with van der Waals surface area (Å²) in [4.78, 5) is 63.3. The van der Waals surface area contributed by atoms with Crippen LogP contribution in [0.5, 0.6) is 0 Å². The first-order valence-corrected chi connectivity index (χ1v) is 15.3. The molecule has 1 aromatic rings. The standard InChI is InChI=1S/C29H43ClN4O6S/c1-18(2)16-23(29(40)34-24(17-41)27(38)31-15-14-19-8-6-7-11-21(19)30)33-28(39)22(12-13-25(35)36)32-26(37)20-9-4-3-5-10-20/h6-8,11,18,20,22-24,41H,3-5,9-10,12-17H2,1-2H3,(H,31,38)(H,32,37)(H,33,39)(H,34,40)(H,35,36)/t22-,23-,24-/m0/s1. The molecule has 5 N–H and O–H groups in total. The van der Waals surface area contributed by atoms with E-state index in [-0.39, 0.29) is 42.8 Å². The second kappa shape index (κ2) is 17.9. The fourth-order valence-corrected chi connectivity index (χ4v) is 5.26. The summed E-state index contributed by atoms with van der Waals surface area (Å²) < 4.78 is 0. The van der Waals surface area contributed by atoms with Crippen molar-refractivity contribution in [2.75, 3.05) is 12.3 Å². The normalized spacial score (nSPS) is 15.8. The van der Waals surface area contributed by atoms with Crippen LogP contribution in [0, 0.1) is 11.8 Å². The highest BCUT2D eigenvalue weighted by Gasteiger charge is 2.31. The van der Waals surface area contributed by atoms with Gasteiger partial charge in [-0.25, -0.2) is 0 Å². The molecule has 2 rings (SSSR count). The van der Waals surface area contributed by atoms with Crippen molar-refractivity contribution < 1.29 is 29.1 Å². The van der Waals surface area contributed by atoms with Crippen molar-refractivity contribution in [3.05, 3.63) is 34.9 Å². The molecule has 4 amide bonds. The number of hydrogen-bond acceptors (Lipinski definition) is 6. The lowest BCUT2D eigenvalue weighted by Crippen LogP contribution is -2.57. The van der Waals surface area contributed by atoms with E-state index < -0.39 is 41.8 Å². The van der Waals surface area contributed by atoms with Crippen molar-refractivity contribution in [1.29, 1.82) is 0 Å². The molecule has 41 heavy (non-hydrogen) atoms. The molecule has 1 aromatic carbocycles. The van der Waals surface area contributed by atoms with Gasteiger partial charge in [0.25, 0.3) is 0 Å². The molecular formula is C29H43ClN4O6S. The zero-order valence-corrected chi connectivity index (χ0v) is 25.4. The van der Waals surface area contributed by atoms with Gasteiger partial charge in [0.2, 0.25) is 23.6 Å². The molecule has 10 nitrogen and oxygen atoms in total. The van der Waals surface area contributed by atoms with Crippen molar-refractivity contribution in [1.82, 2.24) is 21.3 Å². The summed E-state index contributed by atoms with van der Waals surface area (Å²) in [6.07, 6.45) is 4.73. The molecule has 228 valence electrons. The minimum atomic E-state index is -1.10. The van der Waals surface area contributed by atoms with Crippen molar-refractivity contribution >= 4 is 53.8 Å². The highest BCUT2D eigenvalue weighted by Crippen LogP contribution is 2.24. The second-order valence-electron chi connectivity index (χ2n) is 10.9. The molecule has 12 heteroatoms. The number of hydrogen-bond donors (Lipinski definition) is 6. The zero-order chi connectivity index (χ0) is 30.4. The topological polar surface area (TPSA) is 154 Å². The van der Waals surface area contributed by atoms with Gasteiger partial charge in [0.1, 0.15) is 18.1 Å². The Morgan fingerprint density at radius 2 is 1.56 bits per heavy atom. The maximum absolute atomic E-state index is 13.3. The highest BCUT2D eigenvalue weighted by atomic mass is 35.5. The van der Waals surface area contributed by atoms with Crippen LogP contribution in [0.4, 0.5) is 0 Å². The number of carbonyl (C=O) groups excluding carboxylic acids is 4. The molecule has 0 saturated heterocycles. The van der Waals surface area contributed by atoms with Gasteiger partial charge < -0.3 is 26.4 Å². The fraction of sp³-hybridized carbons (Fsp3) is 0.621. The third-order valence-corrected chi connectivity index (χ3v) is 7.80. The fourth-order valence-electron chi connectivity index (χ4n) is 4.78. The smallest absolute Gasteiger partial charge is 0.303 e. The predicted octanol–water partition coefficient (Wildman–Crippen LogP) is 2.87. The summed E-state index contributed by atoms with van der Waals surface area (Å²) in [6, 6.07) is 4.27. The van der Waals surface area contributed by atoms with Gasteiger partial charge in [0.15, 0.2) is 0 Å². The third-order valence-electron chi connectivity index (χ3n) is 7.06. The quantitative estimate of drug-likeness (QED) is 0.158. The van der Waals surface area contributed by atoms with E-state index in [0.717, 1.165) is 37.7 Å². The van der Waals surface area contributed by atoms with Crippen LogP contribution in [0.15, 0.2) is 24.3 Å². The Bertz CT molecular complexity index is 1050. The van der Waals surface area contributed by atoms with Gasteiger partial charge in [-0.2, -0.15) is 12.6 Å². The zero-order valence-electron chi connectivity index (χ0n) is 23.8. The van der Waals surface area contributed by atoms with E-state index >= 15 is 0 Å². The van der Waals surface area contributed by atoms with Crippen LogP contribution in [-0.2, 0) is 30.4 Å². The first kappa shape index (κ1) is 34.4. The summed E-state index contributed by atoms with van der Waals surface area (Å²) in [6.45, 7) is 4.08. The second-order valence-corrected chi connectivity index (χ2v) is 11.7. The molecule has 0 bridgehead atoms. The summed E-state index contributed by atoms with van der Waals surface area (Å²) in [5, 5.41) is 20.6. The molecule has 0 heterocycles. The highest BCUT2D eigenvalue weighted by molar-refractivity contribution is 7.80. The number of rotatable bonds is 16. The Balaban J connectivity index is 2.03. The monoisotopic (exact) mass is 610 g/mol. The minimum absolute atomic E-state index is 0.0132. The average molecular weight is 611 g/mol. The van der Waals surface area contributed by atoms with Gasteiger partial charge in [0.05, 0.1) is 0 Å². The molecule has 0 unspecified atom stereocenters. The number of benzene rings is 1. The Morgan fingerprint density at radius 3 is 2.17 bits per heavy atom. The number of aliphatic carboxylic acids is 1. The molecule has 0 radical (unpaired) electrons. The number of carbonyl (C=O) groups is 5. The maximum Gasteiger partial charge on any atom is 0.303 e. The molecule has 1 fully saturated rings. The van der Waals surface area contributed by atoms with Crippen molar-refractivity contribution in [2.45, 2.75) is 89.8 Å². The van der Waals surface area contributed by atoms with Crippen molar-refractivity contribution in [2.24, 2.45) is 11.8 Å². The Hall–Kier alpha value is -2.79. The number of halogens is 1. The molecule has 0 aliphatic heterocycles. The van der Waals surface area contributed by atoms with Gasteiger partial charge in [-0.1, -0.05) is 62.9 Å². The Morgan fingerprint density at radius 1 is 0.927 bits per heavy atom. The van der Waals surface area contributed by atoms with Gasteiger partial charge in [0, 0.05) is 29.7 Å². The lowest BCUT2D eigenvalue weighted by molar-refractivity contribution is -0.138. The van der Waals surface area contributed by atoms with Gasteiger partial charge >= 0.3 is 5.97 Å². The molecule has 1 aliphatic rings. The summed E-state index contributed by atoms with van der Waals surface area (Å²) in [5.74, 6) is -3.16.